The first-order valence-corrected chi connectivity index (χ1v) is 6.60. The summed E-state index contributed by atoms with van der Waals surface area (Å²) >= 11 is 0. The molecule has 0 aliphatic heterocycles. The smallest absolute Gasteiger partial charge is 0.133 e. The minimum atomic E-state index is -0.247. The molecule has 3 nitrogen and oxygen atoms in total. The highest BCUT2D eigenvalue weighted by Crippen LogP contribution is 2.27. The van der Waals surface area contributed by atoms with Gasteiger partial charge in [-0.05, 0) is 25.5 Å². The monoisotopic (exact) mass is 259 g/mol. The van der Waals surface area contributed by atoms with Crippen LogP contribution in [0.3, 0.4) is 0 Å². The molecular formula is C15H18FN3. The fraction of sp³-hybridized carbons (Fsp3) is 0.333. The van der Waals surface area contributed by atoms with Crippen molar-refractivity contribution in [2.75, 3.05) is 11.9 Å². The number of halogens is 1. The van der Waals surface area contributed by atoms with Crippen LogP contribution in [0.5, 0.6) is 0 Å². The van der Waals surface area contributed by atoms with Gasteiger partial charge in [-0.25, -0.2) is 14.4 Å². The fourth-order valence-electron chi connectivity index (χ4n) is 2.10. The predicted octanol–water partition coefficient (Wildman–Crippen LogP) is 3.67. The van der Waals surface area contributed by atoms with Gasteiger partial charge >= 0.3 is 0 Å². The van der Waals surface area contributed by atoms with Gasteiger partial charge in [-0.2, -0.15) is 0 Å². The van der Waals surface area contributed by atoms with Crippen LogP contribution in [0.2, 0.25) is 0 Å². The van der Waals surface area contributed by atoms with Gasteiger partial charge in [0.25, 0.3) is 0 Å². The molecule has 0 saturated heterocycles. The Bertz CT molecular complexity index is 555. The number of hydrogen-bond donors (Lipinski definition) is 1. The maximum atomic E-state index is 13.4. The molecule has 0 atom stereocenters. The maximum absolute atomic E-state index is 13.4. The summed E-state index contributed by atoms with van der Waals surface area (Å²) in [5, 5.41) is 3.24. The van der Waals surface area contributed by atoms with Gasteiger partial charge in [0, 0.05) is 17.7 Å². The topological polar surface area (TPSA) is 37.8 Å². The second kappa shape index (κ2) is 6.27. The zero-order valence-electron chi connectivity index (χ0n) is 11.3. The van der Waals surface area contributed by atoms with Crippen molar-refractivity contribution in [3.8, 4) is 11.3 Å². The van der Waals surface area contributed by atoms with E-state index in [0.717, 1.165) is 42.0 Å². The first-order valence-electron chi connectivity index (χ1n) is 6.60. The number of aromatic nitrogens is 2. The highest BCUT2D eigenvalue weighted by molar-refractivity contribution is 5.68. The lowest BCUT2D eigenvalue weighted by molar-refractivity contribution is 0.628. The van der Waals surface area contributed by atoms with Gasteiger partial charge in [0.1, 0.15) is 18.0 Å². The summed E-state index contributed by atoms with van der Waals surface area (Å²) < 4.78 is 13.4. The van der Waals surface area contributed by atoms with Gasteiger partial charge in [0.05, 0.1) is 5.69 Å². The normalized spacial score (nSPS) is 10.5. The lowest BCUT2D eigenvalue weighted by Gasteiger charge is -2.13. The minimum absolute atomic E-state index is 0.247. The van der Waals surface area contributed by atoms with E-state index in [1.807, 2.05) is 13.0 Å². The number of nitrogens with zero attached hydrogens (tertiary/aromatic N) is 2. The SMILES string of the molecule is CCCc1c(NCC)ncnc1-c1cccc(F)c1. The molecule has 19 heavy (non-hydrogen) atoms. The molecule has 1 aromatic heterocycles. The van der Waals surface area contributed by atoms with Crippen molar-refractivity contribution in [3.63, 3.8) is 0 Å². The fourth-order valence-corrected chi connectivity index (χ4v) is 2.10. The van der Waals surface area contributed by atoms with Crippen LogP contribution in [0.15, 0.2) is 30.6 Å². The standard InChI is InChI=1S/C15H18FN3/c1-3-6-13-14(11-7-5-8-12(16)9-11)18-10-19-15(13)17-4-2/h5,7-10H,3-4,6H2,1-2H3,(H,17,18,19). The third-order valence-corrected chi connectivity index (χ3v) is 2.89. The molecule has 0 unspecified atom stereocenters. The summed E-state index contributed by atoms with van der Waals surface area (Å²) in [6.07, 6.45) is 3.39. The summed E-state index contributed by atoms with van der Waals surface area (Å²) in [6.45, 7) is 4.94. The third kappa shape index (κ3) is 3.08. The Morgan fingerprint density at radius 2 is 2.05 bits per heavy atom. The van der Waals surface area contributed by atoms with Crippen molar-refractivity contribution in [2.24, 2.45) is 0 Å². The van der Waals surface area contributed by atoms with E-state index >= 15 is 0 Å². The molecule has 1 heterocycles. The summed E-state index contributed by atoms with van der Waals surface area (Å²) in [5.41, 5.74) is 2.66. The van der Waals surface area contributed by atoms with Gasteiger partial charge < -0.3 is 5.32 Å². The van der Waals surface area contributed by atoms with E-state index in [-0.39, 0.29) is 5.82 Å². The molecule has 0 radical (unpaired) electrons. The minimum Gasteiger partial charge on any atom is -0.370 e. The van der Waals surface area contributed by atoms with Crippen LogP contribution in [-0.2, 0) is 6.42 Å². The summed E-state index contributed by atoms with van der Waals surface area (Å²) in [5.74, 6) is 0.599. The van der Waals surface area contributed by atoms with Crippen LogP contribution in [0.25, 0.3) is 11.3 Å². The van der Waals surface area contributed by atoms with E-state index in [0.29, 0.717) is 0 Å². The molecule has 0 bridgehead atoms. The second-order valence-electron chi connectivity index (χ2n) is 4.34. The molecule has 0 amide bonds. The zero-order valence-corrected chi connectivity index (χ0v) is 11.3. The van der Waals surface area contributed by atoms with Gasteiger partial charge in [-0.15, -0.1) is 0 Å². The average Bonchev–Trinajstić information content (AvgIpc) is 2.41. The van der Waals surface area contributed by atoms with Crippen molar-refractivity contribution in [2.45, 2.75) is 26.7 Å². The van der Waals surface area contributed by atoms with Crippen molar-refractivity contribution in [1.29, 1.82) is 0 Å². The van der Waals surface area contributed by atoms with Crippen LogP contribution in [0.4, 0.5) is 10.2 Å². The number of rotatable bonds is 5. The van der Waals surface area contributed by atoms with Crippen LogP contribution in [0.1, 0.15) is 25.8 Å². The molecule has 2 aromatic rings. The summed E-state index contributed by atoms with van der Waals surface area (Å²) in [6, 6.07) is 6.53. The maximum Gasteiger partial charge on any atom is 0.133 e. The van der Waals surface area contributed by atoms with Gasteiger partial charge in [0.15, 0.2) is 0 Å². The van der Waals surface area contributed by atoms with Crippen LogP contribution < -0.4 is 5.32 Å². The highest BCUT2D eigenvalue weighted by atomic mass is 19.1. The largest absolute Gasteiger partial charge is 0.370 e. The Kier molecular flexibility index (Phi) is 4.44. The van der Waals surface area contributed by atoms with Crippen LogP contribution in [-0.4, -0.2) is 16.5 Å². The van der Waals surface area contributed by atoms with E-state index < -0.39 is 0 Å². The summed E-state index contributed by atoms with van der Waals surface area (Å²) in [4.78, 5) is 8.61. The molecule has 1 N–H and O–H groups in total. The Morgan fingerprint density at radius 1 is 1.21 bits per heavy atom. The number of nitrogens with one attached hydrogen (secondary N) is 1. The van der Waals surface area contributed by atoms with Crippen molar-refractivity contribution >= 4 is 5.82 Å². The zero-order chi connectivity index (χ0) is 13.7. The first-order chi connectivity index (χ1) is 9.26. The van der Waals surface area contributed by atoms with Gasteiger partial charge in [-0.3, -0.25) is 0 Å². The van der Waals surface area contributed by atoms with Crippen molar-refractivity contribution in [3.05, 3.63) is 42.0 Å². The van der Waals surface area contributed by atoms with E-state index in [1.54, 1.807) is 6.07 Å². The molecule has 100 valence electrons. The molecule has 4 heteroatoms. The molecule has 0 fully saturated rings. The lowest BCUT2D eigenvalue weighted by atomic mass is 10.0. The molecule has 1 aromatic carbocycles. The molecular weight excluding hydrogens is 241 g/mol. The summed E-state index contributed by atoms with van der Waals surface area (Å²) in [7, 11) is 0. The Morgan fingerprint density at radius 3 is 2.74 bits per heavy atom. The third-order valence-electron chi connectivity index (χ3n) is 2.89. The number of benzene rings is 1. The molecule has 0 spiro atoms. The van der Waals surface area contributed by atoms with Crippen LogP contribution in [0, 0.1) is 5.82 Å². The van der Waals surface area contributed by atoms with Gasteiger partial charge in [-0.1, -0.05) is 25.5 Å². The molecule has 0 aliphatic rings. The quantitative estimate of drug-likeness (QED) is 0.890. The molecule has 0 aliphatic carbocycles. The highest BCUT2D eigenvalue weighted by Gasteiger charge is 2.12. The lowest BCUT2D eigenvalue weighted by Crippen LogP contribution is -2.06. The average molecular weight is 259 g/mol. The van der Waals surface area contributed by atoms with E-state index in [1.165, 1.54) is 18.5 Å². The van der Waals surface area contributed by atoms with Crippen molar-refractivity contribution in [1.82, 2.24) is 9.97 Å². The Hall–Kier alpha value is -1.97. The van der Waals surface area contributed by atoms with E-state index in [9.17, 15) is 4.39 Å². The van der Waals surface area contributed by atoms with Gasteiger partial charge in [0.2, 0.25) is 0 Å². The van der Waals surface area contributed by atoms with Crippen LogP contribution >= 0.6 is 0 Å². The predicted molar refractivity (Wildman–Crippen MR) is 75.6 cm³/mol. The first kappa shape index (κ1) is 13.5. The second-order valence-corrected chi connectivity index (χ2v) is 4.34. The Labute approximate surface area is 112 Å². The van der Waals surface area contributed by atoms with E-state index in [4.69, 9.17) is 0 Å². The number of hydrogen-bond acceptors (Lipinski definition) is 3. The van der Waals surface area contributed by atoms with E-state index in [2.05, 4.69) is 22.2 Å². The van der Waals surface area contributed by atoms with Crippen molar-refractivity contribution < 1.29 is 4.39 Å². The Balaban J connectivity index is 2.52. The molecule has 0 saturated carbocycles. The number of anilines is 1. The molecule has 2 rings (SSSR count).